The third kappa shape index (κ3) is 6.72. The molecule has 2 N–H and O–H groups in total. The Morgan fingerprint density at radius 1 is 0.700 bits per heavy atom. The highest BCUT2D eigenvalue weighted by Crippen LogP contribution is 2.55. The Kier molecular flexibility index (Phi) is 10.3. The van der Waals surface area contributed by atoms with Gasteiger partial charge in [0.15, 0.2) is 0 Å². The van der Waals surface area contributed by atoms with Crippen LogP contribution in [0.5, 0.6) is 11.5 Å². The van der Waals surface area contributed by atoms with Crippen LogP contribution < -0.4 is 19.3 Å². The van der Waals surface area contributed by atoms with Crippen LogP contribution in [0.1, 0.15) is 60.8 Å². The molecule has 4 heterocycles. The highest BCUT2D eigenvalue weighted by Gasteiger charge is 2.51. The summed E-state index contributed by atoms with van der Waals surface area (Å²) in [5.41, 5.74) is 4.37. The summed E-state index contributed by atoms with van der Waals surface area (Å²) in [7, 11) is 3.34. The first kappa shape index (κ1) is 35.8. The summed E-state index contributed by atoms with van der Waals surface area (Å²) in [4.78, 5) is 13.9. The number of aromatic nitrogens is 2. The normalized spacial score (nSPS) is 24.8. The molecule has 4 aliphatic rings. The number of methoxy groups -OCH3 is 2. The Hall–Kier alpha value is -2.60. The molecule has 0 bridgehead atoms. The van der Waals surface area contributed by atoms with E-state index in [1.165, 1.54) is 11.1 Å². The van der Waals surface area contributed by atoms with E-state index in [0.29, 0.717) is 0 Å². The van der Waals surface area contributed by atoms with Crippen molar-refractivity contribution in [3.63, 3.8) is 0 Å². The molecule has 2 aromatic heterocycles. The van der Waals surface area contributed by atoms with Crippen LogP contribution in [0.15, 0.2) is 69.9 Å². The molecule has 0 unspecified atom stereocenters. The van der Waals surface area contributed by atoms with E-state index < -0.39 is 0 Å². The molecule has 50 heavy (non-hydrogen) atoms. The minimum atomic E-state index is -0.260. The fourth-order valence-electron chi connectivity index (χ4n) is 8.47. The van der Waals surface area contributed by atoms with Crippen LogP contribution in [0.3, 0.4) is 0 Å². The molecule has 2 fully saturated rings. The van der Waals surface area contributed by atoms with Crippen LogP contribution >= 0.6 is 55.1 Å². The number of anilines is 2. The topological polar surface area (TPSA) is 91.2 Å². The smallest absolute Gasteiger partial charge is 0.134 e. The zero-order chi connectivity index (χ0) is 35.2. The molecule has 2 spiro atoms. The van der Waals surface area contributed by atoms with Gasteiger partial charge in [-0.3, -0.25) is 0 Å². The Morgan fingerprint density at radius 2 is 1.08 bits per heavy atom. The van der Waals surface area contributed by atoms with Gasteiger partial charge in [-0.1, -0.05) is 47.5 Å². The van der Waals surface area contributed by atoms with Crippen LogP contribution in [0.2, 0.25) is 10.0 Å². The number of aliphatic hydroxyl groups excluding tert-OH is 2. The minimum Gasteiger partial charge on any atom is -0.497 e. The van der Waals surface area contributed by atoms with Crippen LogP contribution in [0.25, 0.3) is 0 Å². The number of hydrogen-bond donors (Lipinski definition) is 2. The monoisotopic (exact) mass is 844 g/mol. The standard InChI is InChI=1S/2C19H20BrClN2O2/c2*1-25-14-4-2-12(3-5-14)10-23-11-19(7-6-13(24)8-19)16-17(21)15(20)9-22-18(16)23/h2*2-5,9,13,24H,6-8,10-11H2,1H3/t13-,19+;13-,19-/m10/s1. The largest absolute Gasteiger partial charge is 0.497 e. The summed E-state index contributed by atoms with van der Waals surface area (Å²) >= 11 is 20.3. The van der Waals surface area contributed by atoms with Crippen molar-refractivity contribution in [1.29, 1.82) is 0 Å². The molecule has 8 rings (SSSR count). The maximum absolute atomic E-state index is 10.2. The fourth-order valence-corrected chi connectivity index (χ4v) is 9.74. The summed E-state index contributed by atoms with van der Waals surface area (Å²) in [5, 5.41) is 21.8. The van der Waals surface area contributed by atoms with Gasteiger partial charge in [0.05, 0.1) is 45.4 Å². The second kappa shape index (κ2) is 14.4. The maximum Gasteiger partial charge on any atom is 0.134 e. The second-order valence-corrected chi connectivity index (χ2v) is 16.5. The Labute approximate surface area is 320 Å². The Balaban J connectivity index is 0.000000157. The molecule has 0 saturated heterocycles. The van der Waals surface area contributed by atoms with Crippen LogP contribution in [0.4, 0.5) is 11.6 Å². The Morgan fingerprint density at radius 3 is 1.40 bits per heavy atom. The number of ether oxygens (including phenoxy) is 2. The maximum atomic E-state index is 10.2. The molecule has 0 amide bonds. The lowest BCUT2D eigenvalue weighted by Gasteiger charge is -2.26. The van der Waals surface area contributed by atoms with Crippen molar-refractivity contribution in [3.05, 3.63) is 102 Å². The van der Waals surface area contributed by atoms with E-state index in [4.69, 9.17) is 32.7 Å². The van der Waals surface area contributed by atoms with E-state index in [2.05, 4.69) is 75.9 Å². The van der Waals surface area contributed by atoms with Gasteiger partial charge in [0.2, 0.25) is 0 Å². The van der Waals surface area contributed by atoms with E-state index in [1.807, 2.05) is 24.3 Å². The minimum absolute atomic E-state index is 0.102. The van der Waals surface area contributed by atoms with E-state index in [9.17, 15) is 10.2 Å². The highest BCUT2D eigenvalue weighted by molar-refractivity contribution is 9.10. The van der Waals surface area contributed by atoms with Crippen molar-refractivity contribution in [3.8, 4) is 11.5 Å². The van der Waals surface area contributed by atoms with Crippen molar-refractivity contribution in [2.45, 2.75) is 74.7 Å². The van der Waals surface area contributed by atoms with Gasteiger partial charge in [0.25, 0.3) is 0 Å². The second-order valence-electron chi connectivity index (χ2n) is 14.0. The van der Waals surface area contributed by atoms with Gasteiger partial charge in [0, 0.05) is 60.5 Å². The van der Waals surface area contributed by atoms with Gasteiger partial charge in [0.1, 0.15) is 23.1 Å². The van der Waals surface area contributed by atoms with Crippen molar-refractivity contribution in [2.24, 2.45) is 0 Å². The van der Waals surface area contributed by atoms with Crippen molar-refractivity contribution in [2.75, 3.05) is 37.1 Å². The zero-order valence-corrected chi connectivity index (χ0v) is 32.7. The summed E-state index contributed by atoms with van der Waals surface area (Å²) in [6, 6.07) is 16.2. The fraction of sp³-hybridized carbons (Fsp3) is 0.421. The quantitative estimate of drug-likeness (QED) is 0.200. The van der Waals surface area contributed by atoms with Gasteiger partial charge in [-0.15, -0.1) is 0 Å². The van der Waals surface area contributed by atoms with Gasteiger partial charge < -0.3 is 29.5 Å². The third-order valence-corrected chi connectivity index (χ3v) is 13.2. The molecule has 264 valence electrons. The van der Waals surface area contributed by atoms with Gasteiger partial charge in [-0.05, 0) is 106 Å². The van der Waals surface area contributed by atoms with Gasteiger partial charge in [-0.25, -0.2) is 9.97 Å². The van der Waals surface area contributed by atoms with E-state index in [-0.39, 0.29) is 23.0 Å². The van der Waals surface area contributed by atoms with E-state index >= 15 is 0 Å². The number of aliphatic hydroxyl groups is 2. The van der Waals surface area contributed by atoms with Crippen LogP contribution in [-0.2, 0) is 23.9 Å². The predicted octanol–water partition coefficient (Wildman–Crippen LogP) is 8.62. The molecular weight excluding hydrogens is 807 g/mol. The predicted molar refractivity (Wildman–Crippen MR) is 205 cm³/mol. The first-order chi connectivity index (χ1) is 24.0. The van der Waals surface area contributed by atoms with Crippen molar-refractivity contribution in [1.82, 2.24) is 9.97 Å². The van der Waals surface area contributed by atoms with E-state index in [1.54, 1.807) is 26.6 Å². The summed E-state index contributed by atoms with van der Waals surface area (Å²) in [5.74, 6) is 3.59. The number of pyridine rings is 2. The number of rotatable bonds is 6. The van der Waals surface area contributed by atoms with Crippen LogP contribution in [0, 0.1) is 0 Å². The molecule has 2 aromatic carbocycles. The number of hydrogen-bond acceptors (Lipinski definition) is 8. The lowest BCUT2D eigenvalue weighted by molar-refractivity contribution is 0.174. The summed E-state index contributed by atoms with van der Waals surface area (Å²) in [6.07, 6.45) is 8.04. The molecule has 0 radical (unpaired) electrons. The average Bonchev–Trinajstić information content (AvgIpc) is 3.85. The lowest BCUT2D eigenvalue weighted by Crippen LogP contribution is -2.31. The molecule has 2 saturated carbocycles. The van der Waals surface area contributed by atoms with Gasteiger partial charge in [-0.2, -0.15) is 0 Å². The molecular formula is C38H40Br2Cl2N4O4. The van der Waals surface area contributed by atoms with Gasteiger partial charge >= 0.3 is 0 Å². The Bertz CT molecular complexity index is 1730. The molecule has 2 aliphatic heterocycles. The number of benzene rings is 2. The third-order valence-electron chi connectivity index (χ3n) is 10.8. The van der Waals surface area contributed by atoms with Crippen molar-refractivity contribution < 1.29 is 19.7 Å². The van der Waals surface area contributed by atoms with E-state index in [0.717, 1.165) is 118 Å². The molecule has 4 aromatic rings. The van der Waals surface area contributed by atoms with Crippen LogP contribution in [-0.4, -0.2) is 59.7 Å². The first-order valence-corrected chi connectivity index (χ1v) is 19.2. The molecule has 8 nitrogen and oxygen atoms in total. The number of fused-ring (bicyclic) bond motifs is 4. The average molecular weight is 847 g/mol. The zero-order valence-electron chi connectivity index (χ0n) is 28.0. The molecule has 4 atom stereocenters. The molecule has 12 heteroatoms. The number of nitrogens with zero attached hydrogens (tertiary/aromatic N) is 4. The highest BCUT2D eigenvalue weighted by atomic mass is 79.9. The summed E-state index contributed by atoms with van der Waals surface area (Å²) in [6.45, 7) is 3.21. The SMILES string of the molecule is COc1ccc(CN2C[C@@]3(CC[C@@H](O)C3)c3c2ncc(Br)c3Cl)cc1.COc1ccc(CN2C[C@@]3(CC[C@H](O)C3)c3c2ncc(Br)c3Cl)cc1. The molecule has 2 aliphatic carbocycles. The van der Waals surface area contributed by atoms with Crippen molar-refractivity contribution >= 4 is 66.7 Å². The number of halogens is 4. The summed E-state index contributed by atoms with van der Waals surface area (Å²) < 4.78 is 12.1. The lowest BCUT2D eigenvalue weighted by atomic mass is 9.81. The first-order valence-electron chi connectivity index (χ1n) is 16.9.